The van der Waals surface area contributed by atoms with Crippen LogP contribution < -0.4 is 0 Å². The molecule has 5 nitrogen and oxygen atoms in total. The monoisotopic (exact) mass is 244 g/mol. The summed E-state index contributed by atoms with van der Waals surface area (Å²) in [7, 11) is -1.49. The normalized spacial score (nSPS) is 30.8. The third-order valence-electron chi connectivity index (χ3n) is 3.28. The fraction of sp³-hybridized carbons (Fsp3) is 0.700. The first-order chi connectivity index (χ1) is 7.36. The molecule has 6 heteroatoms. The predicted octanol–water partition coefficient (Wildman–Crippen LogP) is 0.205. The summed E-state index contributed by atoms with van der Waals surface area (Å²) in [5, 5.41) is 9.83. The summed E-state index contributed by atoms with van der Waals surface area (Å²) >= 11 is 0. The lowest BCUT2D eigenvalue weighted by molar-refractivity contribution is 0.0357. The van der Waals surface area contributed by atoms with Gasteiger partial charge in [0.15, 0.2) is 9.84 Å². The van der Waals surface area contributed by atoms with Gasteiger partial charge in [0.1, 0.15) is 11.4 Å². The number of sulfone groups is 1. The van der Waals surface area contributed by atoms with E-state index in [-0.39, 0.29) is 0 Å². The third-order valence-corrected chi connectivity index (χ3v) is 4.94. The molecule has 0 radical (unpaired) electrons. The summed E-state index contributed by atoms with van der Waals surface area (Å²) in [4.78, 5) is 4.08. The highest BCUT2D eigenvalue weighted by atomic mass is 32.2. The smallest absolute Gasteiger partial charge is 0.153 e. The second-order valence-electron chi connectivity index (χ2n) is 4.50. The van der Waals surface area contributed by atoms with Crippen molar-refractivity contribution in [2.24, 2.45) is 7.05 Å². The van der Waals surface area contributed by atoms with Crippen LogP contribution in [0.25, 0.3) is 0 Å². The van der Waals surface area contributed by atoms with Gasteiger partial charge in [0, 0.05) is 25.7 Å². The van der Waals surface area contributed by atoms with E-state index in [1.54, 1.807) is 24.0 Å². The molecule has 1 aliphatic rings. The molecule has 0 aliphatic heterocycles. The molecule has 1 aromatic rings. The lowest BCUT2D eigenvalue weighted by Gasteiger charge is -2.28. The third kappa shape index (κ3) is 1.66. The molecule has 1 aliphatic carbocycles. The zero-order valence-electron chi connectivity index (χ0n) is 9.42. The molecule has 16 heavy (non-hydrogen) atoms. The maximum Gasteiger partial charge on any atom is 0.153 e. The van der Waals surface area contributed by atoms with Gasteiger partial charge in [-0.3, -0.25) is 0 Å². The first-order valence-electron chi connectivity index (χ1n) is 5.25. The number of aryl methyl sites for hydroxylation is 1. The quantitative estimate of drug-likeness (QED) is 0.807. The van der Waals surface area contributed by atoms with Crippen LogP contribution in [0.3, 0.4) is 0 Å². The Morgan fingerprint density at radius 1 is 1.62 bits per heavy atom. The van der Waals surface area contributed by atoms with Gasteiger partial charge in [-0.15, -0.1) is 0 Å². The molecule has 1 N–H and O–H groups in total. The Morgan fingerprint density at radius 2 is 2.31 bits per heavy atom. The molecule has 1 saturated carbocycles. The van der Waals surface area contributed by atoms with Crippen molar-refractivity contribution in [2.75, 3.05) is 6.26 Å². The van der Waals surface area contributed by atoms with E-state index in [9.17, 15) is 13.5 Å². The second kappa shape index (κ2) is 3.56. The topological polar surface area (TPSA) is 72.2 Å². The van der Waals surface area contributed by atoms with Gasteiger partial charge in [-0.05, 0) is 19.3 Å². The number of hydrogen-bond acceptors (Lipinski definition) is 4. The Bertz CT molecular complexity index is 494. The van der Waals surface area contributed by atoms with Gasteiger partial charge >= 0.3 is 0 Å². The maximum absolute atomic E-state index is 11.7. The van der Waals surface area contributed by atoms with Crippen molar-refractivity contribution in [2.45, 2.75) is 30.1 Å². The van der Waals surface area contributed by atoms with Crippen molar-refractivity contribution in [1.82, 2.24) is 9.55 Å². The summed E-state index contributed by atoms with van der Waals surface area (Å²) in [5.41, 5.74) is -1.33. The van der Waals surface area contributed by atoms with Crippen LogP contribution in [0, 0.1) is 0 Å². The molecule has 0 saturated heterocycles. The van der Waals surface area contributed by atoms with E-state index >= 15 is 0 Å². The summed E-state index contributed by atoms with van der Waals surface area (Å²) in [6, 6.07) is 0. The van der Waals surface area contributed by atoms with Crippen LogP contribution in [0.15, 0.2) is 12.4 Å². The number of rotatable bonds is 2. The van der Waals surface area contributed by atoms with E-state index in [2.05, 4.69) is 4.98 Å². The van der Waals surface area contributed by atoms with Crippen molar-refractivity contribution in [3.05, 3.63) is 18.2 Å². The second-order valence-corrected chi connectivity index (χ2v) is 6.72. The number of imidazole rings is 1. The summed E-state index contributed by atoms with van der Waals surface area (Å²) in [5.74, 6) is 0.445. The van der Waals surface area contributed by atoms with Crippen LogP contribution >= 0.6 is 0 Å². The highest BCUT2D eigenvalue weighted by molar-refractivity contribution is 7.91. The van der Waals surface area contributed by atoms with Gasteiger partial charge in [0.05, 0.1) is 5.25 Å². The fourth-order valence-electron chi connectivity index (χ4n) is 2.56. The van der Waals surface area contributed by atoms with Gasteiger partial charge < -0.3 is 9.67 Å². The summed E-state index contributed by atoms with van der Waals surface area (Å²) < 4.78 is 25.0. The van der Waals surface area contributed by atoms with E-state index < -0.39 is 20.7 Å². The molecule has 0 bridgehead atoms. The van der Waals surface area contributed by atoms with E-state index in [0.29, 0.717) is 25.1 Å². The first kappa shape index (κ1) is 11.6. The largest absolute Gasteiger partial charge is 0.381 e. The minimum Gasteiger partial charge on any atom is -0.381 e. The minimum atomic E-state index is -3.26. The number of aliphatic hydroxyl groups is 1. The number of aromatic nitrogens is 2. The highest BCUT2D eigenvalue weighted by Crippen LogP contribution is 2.41. The predicted molar refractivity (Wildman–Crippen MR) is 59.6 cm³/mol. The number of nitrogens with zero attached hydrogens (tertiary/aromatic N) is 2. The molecule has 1 heterocycles. The van der Waals surface area contributed by atoms with Gasteiger partial charge in [-0.2, -0.15) is 0 Å². The summed E-state index contributed by atoms with van der Waals surface area (Å²) in [6.07, 6.45) is 6.13. The molecule has 0 aromatic carbocycles. The van der Waals surface area contributed by atoms with E-state index in [1.165, 1.54) is 6.26 Å². The van der Waals surface area contributed by atoms with Gasteiger partial charge in [0.25, 0.3) is 0 Å². The Balaban J connectivity index is 2.49. The molecule has 0 spiro atoms. The Kier molecular flexibility index (Phi) is 2.58. The molecular formula is C10H16N2O3S. The van der Waals surface area contributed by atoms with Crippen molar-refractivity contribution in [3.63, 3.8) is 0 Å². The highest BCUT2D eigenvalue weighted by Gasteiger charge is 2.50. The molecule has 0 amide bonds. The maximum atomic E-state index is 11.7. The Morgan fingerprint density at radius 3 is 2.81 bits per heavy atom. The SMILES string of the molecule is Cn1ccnc1C1(O)CCCC1S(C)(=O)=O. The fourth-order valence-corrected chi connectivity index (χ4v) is 4.09. The molecule has 2 rings (SSSR count). The van der Waals surface area contributed by atoms with Crippen molar-refractivity contribution < 1.29 is 13.5 Å². The van der Waals surface area contributed by atoms with Crippen LogP contribution in [0.1, 0.15) is 25.1 Å². The van der Waals surface area contributed by atoms with E-state index in [0.717, 1.165) is 0 Å². The minimum absolute atomic E-state index is 0.445. The Labute approximate surface area is 95.0 Å². The zero-order valence-corrected chi connectivity index (χ0v) is 10.2. The van der Waals surface area contributed by atoms with Crippen LogP contribution in [-0.2, 0) is 22.5 Å². The van der Waals surface area contributed by atoms with Crippen LogP contribution in [0.5, 0.6) is 0 Å². The van der Waals surface area contributed by atoms with E-state index in [1.807, 2.05) is 0 Å². The van der Waals surface area contributed by atoms with E-state index in [4.69, 9.17) is 0 Å². The average Bonchev–Trinajstić information content (AvgIpc) is 2.70. The molecule has 90 valence electrons. The molecule has 1 aromatic heterocycles. The van der Waals surface area contributed by atoms with Crippen LogP contribution in [-0.4, -0.2) is 34.6 Å². The van der Waals surface area contributed by atoms with Crippen molar-refractivity contribution in [3.8, 4) is 0 Å². The van der Waals surface area contributed by atoms with Crippen molar-refractivity contribution >= 4 is 9.84 Å². The van der Waals surface area contributed by atoms with Gasteiger partial charge in [-0.25, -0.2) is 13.4 Å². The van der Waals surface area contributed by atoms with Gasteiger partial charge in [0.2, 0.25) is 0 Å². The molecular weight excluding hydrogens is 228 g/mol. The lowest BCUT2D eigenvalue weighted by atomic mass is 10.0. The first-order valence-corrected chi connectivity index (χ1v) is 7.20. The average molecular weight is 244 g/mol. The van der Waals surface area contributed by atoms with Crippen molar-refractivity contribution in [1.29, 1.82) is 0 Å². The summed E-state index contributed by atoms with van der Waals surface area (Å²) in [6.45, 7) is 0. The van der Waals surface area contributed by atoms with Crippen LogP contribution in [0.4, 0.5) is 0 Å². The standard InChI is InChI=1S/C10H16N2O3S/c1-12-7-6-11-9(12)10(13)5-3-4-8(10)16(2,14)15/h6-8,13H,3-5H2,1-2H3. The zero-order chi connectivity index (χ0) is 12.0. The molecule has 2 unspecified atom stereocenters. The lowest BCUT2D eigenvalue weighted by Crippen LogP contribution is -2.41. The number of hydrogen-bond donors (Lipinski definition) is 1. The van der Waals surface area contributed by atoms with Gasteiger partial charge in [-0.1, -0.05) is 0 Å². The van der Waals surface area contributed by atoms with Crippen LogP contribution in [0.2, 0.25) is 0 Å². The Hall–Kier alpha value is -0.880. The molecule has 2 atom stereocenters. The molecule has 1 fully saturated rings.